The third kappa shape index (κ3) is 3.19. The van der Waals surface area contributed by atoms with Gasteiger partial charge in [-0.1, -0.05) is 13.8 Å². The van der Waals surface area contributed by atoms with E-state index in [0.29, 0.717) is 5.69 Å². The van der Waals surface area contributed by atoms with Crippen molar-refractivity contribution in [1.29, 1.82) is 5.26 Å². The predicted molar refractivity (Wildman–Crippen MR) is 71.1 cm³/mol. The van der Waals surface area contributed by atoms with Crippen molar-refractivity contribution >= 4 is 5.82 Å². The first-order valence-electron chi connectivity index (χ1n) is 6.68. The third-order valence-electron chi connectivity index (χ3n) is 3.41. The van der Waals surface area contributed by atoms with Gasteiger partial charge in [0.1, 0.15) is 6.07 Å². The normalized spacial score (nSPS) is 19.9. The molecule has 0 amide bonds. The molecule has 18 heavy (non-hydrogen) atoms. The maximum Gasteiger partial charge on any atom is 0.163 e. The molecule has 0 aliphatic carbocycles. The molecule has 1 aromatic heterocycles. The lowest BCUT2D eigenvalue weighted by molar-refractivity contribution is 0.346. The van der Waals surface area contributed by atoms with E-state index in [2.05, 4.69) is 28.9 Å². The van der Waals surface area contributed by atoms with Crippen LogP contribution < -0.4 is 4.90 Å². The minimum atomic E-state index is 0.384. The van der Waals surface area contributed by atoms with Crippen LogP contribution in [0.15, 0.2) is 12.1 Å². The highest BCUT2D eigenvalue weighted by Crippen LogP contribution is 2.25. The van der Waals surface area contributed by atoms with E-state index in [1.165, 1.54) is 19.3 Å². The Morgan fingerprint density at radius 3 is 2.89 bits per heavy atom. The molecule has 1 saturated heterocycles. The highest BCUT2D eigenvalue weighted by atomic mass is 15.3. The van der Waals surface area contributed by atoms with Gasteiger partial charge >= 0.3 is 0 Å². The van der Waals surface area contributed by atoms with Gasteiger partial charge in [0.2, 0.25) is 0 Å². The van der Waals surface area contributed by atoms with Crippen LogP contribution in [0.4, 0.5) is 5.82 Å². The molecule has 0 saturated carbocycles. The summed E-state index contributed by atoms with van der Waals surface area (Å²) in [6.45, 7) is 6.68. The molecule has 1 fully saturated rings. The molecule has 2 heterocycles. The minimum absolute atomic E-state index is 0.384. The maximum atomic E-state index is 8.71. The van der Waals surface area contributed by atoms with Crippen LogP contribution in [0.3, 0.4) is 0 Å². The molecule has 0 aromatic carbocycles. The van der Waals surface area contributed by atoms with E-state index >= 15 is 0 Å². The summed E-state index contributed by atoms with van der Waals surface area (Å²) >= 11 is 0. The Balaban J connectivity index is 2.01. The number of nitrogens with zero attached hydrogens (tertiary/aromatic N) is 4. The lowest BCUT2D eigenvalue weighted by Crippen LogP contribution is -2.36. The highest BCUT2D eigenvalue weighted by Gasteiger charge is 2.21. The summed E-state index contributed by atoms with van der Waals surface area (Å²) in [7, 11) is 0. The van der Waals surface area contributed by atoms with E-state index in [1.54, 1.807) is 6.07 Å². The fourth-order valence-electron chi connectivity index (χ4n) is 2.69. The van der Waals surface area contributed by atoms with Crippen molar-refractivity contribution in [3.63, 3.8) is 0 Å². The van der Waals surface area contributed by atoms with Gasteiger partial charge in [-0.15, -0.1) is 10.2 Å². The van der Waals surface area contributed by atoms with Crippen LogP contribution in [0.2, 0.25) is 0 Å². The van der Waals surface area contributed by atoms with Crippen LogP contribution in [0.5, 0.6) is 0 Å². The Bertz CT molecular complexity index is 418. The highest BCUT2D eigenvalue weighted by molar-refractivity contribution is 5.39. The van der Waals surface area contributed by atoms with Crippen molar-refractivity contribution in [2.45, 2.75) is 33.1 Å². The summed E-state index contributed by atoms with van der Waals surface area (Å²) in [6.07, 6.45) is 3.82. The van der Waals surface area contributed by atoms with E-state index in [4.69, 9.17) is 5.26 Å². The van der Waals surface area contributed by atoms with Gasteiger partial charge in [0, 0.05) is 13.1 Å². The van der Waals surface area contributed by atoms with E-state index in [9.17, 15) is 0 Å². The fraction of sp³-hybridized carbons (Fsp3) is 0.643. The van der Waals surface area contributed by atoms with Crippen molar-refractivity contribution in [3.05, 3.63) is 17.8 Å². The molecular weight excluding hydrogens is 224 g/mol. The van der Waals surface area contributed by atoms with Gasteiger partial charge in [0.25, 0.3) is 0 Å². The van der Waals surface area contributed by atoms with Gasteiger partial charge < -0.3 is 4.90 Å². The molecule has 1 atom stereocenters. The zero-order chi connectivity index (χ0) is 13.0. The van der Waals surface area contributed by atoms with Crippen molar-refractivity contribution in [2.24, 2.45) is 11.8 Å². The standard InChI is InChI=1S/C14H20N4/c1-11(2)8-12-4-3-7-18(10-12)14-6-5-13(9-15)16-17-14/h5-6,11-12H,3-4,7-8,10H2,1-2H3. The summed E-state index contributed by atoms with van der Waals surface area (Å²) in [4.78, 5) is 2.30. The van der Waals surface area contributed by atoms with Crippen LogP contribution >= 0.6 is 0 Å². The average molecular weight is 244 g/mol. The quantitative estimate of drug-likeness (QED) is 0.820. The van der Waals surface area contributed by atoms with Crippen LogP contribution in [0.1, 0.15) is 38.8 Å². The summed E-state index contributed by atoms with van der Waals surface area (Å²) in [5.74, 6) is 2.42. The first kappa shape index (κ1) is 12.8. The first-order chi connectivity index (χ1) is 8.69. The van der Waals surface area contributed by atoms with Gasteiger partial charge in [0.05, 0.1) is 0 Å². The van der Waals surface area contributed by atoms with Gasteiger partial charge in [-0.3, -0.25) is 0 Å². The maximum absolute atomic E-state index is 8.71. The average Bonchev–Trinajstić information content (AvgIpc) is 2.38. The van der Waals surface area contributed by atoms with Gasteiger partial charge in [0.15, 0.2) is 11.5 Å². The zero-order valence-electron chi connectivity index (χ0n) is 11.1. The lowest BCUT2D eigenvalue weighted by atomic mass is 9.90. The van der Waals surface area contributed by atoms with Gasteiger partial charge in [-0.05, 0) is 43.2 Å². The molecule has 1 aromatic rings. The SMILES string of the molecule is CC(C)CC1CCCN(c2ccc(C#N)nn2)C1. The summed E-state index contributed by atoms with van der Waals surface area (Å²) in [5, 5.41) is 16.8. The molecule has 1 unspecified atom stereocenters. The number of piperidine rings is 1. The fourth-order valence-corrected chi connectivity index (χ4v) is 2.69. The molecular formula is C14H20N4. The summed E-state index contributed by atoms with van der Waals surface area (Å²) in [6, 6.07) is 5.65. The number of hydrogen-bond donors (Lipinski definition) is 0. The van der Waals surface area contributed by atoms with Gasteiger partial charge in [-0.25, -0.2) is 0 Å². The molecule has 0 spiro atoms. The van der Waals surface area contributed by atoms with E-state index in [-0.39, 0.29) is 0 Å². The van der Waals surface area contributed by atoms with Crippen LogP contribution in [0.25, 0.3) is 0 Å². The van der Waals surface area contributed by atoms with Crippen molar-refractivity contribution in [3.8, 4) is 6.07 Å². The molecule has 0 N–H and O–H groups in total. The topological polar surface area (TPSA) is 52.8 Å². The molecule has 4 nitrogen and oxygen atoms in total. The van der Waals surface area contributed by atoms with Crippen molar-refractivity contribution < 1.29 is 0 Å². The molecule has 96 valence electrons. The molecule has 0 bridgehead atoms. The smallest absolute Gasteiger partial charge is 0.163 e. The van der Waals surface area contributed by atoms with Gasteiger partial charge in [-0.2, -0.15) is 5.26 Å². The molecule has 4 heteroatoms. The number of aromatic nitrogens is 2. The van der Waals surface area contributed by atoms with E-state index < -0.39 is 0 Å². The Kier molecular flexibility index (Phi) is 4.14. The number of nitriles is 1. The number of rotatable bonds is 3. The van der Waals surface area contributed by atoms with Crippen LogP contribution in [0, 0.1) is 23.2 Å². The Labute approximate surface area is 109 Å². The summed E-state index contributed by atoms with van der Waals surface area (Å²) in [5.41, 5.74) is 0.384. The Morgan fingerprint density at radius 2 is 2.28 bits per heavy atom. The Morgan fingerprint density at radius 1 is 1.44 bits per heavy atom. The van der Waals surface area contributed by atoms with Crippen molar-refractivity contribution in [2.75, 3.05) is 18.0 Å². The number of anilines is 1. The zero-order valence-corrected chi connectivity index (χ0v) is 11.1. The Hall–Kier alpha value is -1.63. The first-order valence-corrected chi connectivity index (χ1v) is 6.68. The van der Waals surface area contributed by atoms with Crippen molar-refractivity contribution in [1.82, 2.24) is 10.2 Å². The second-order valence-corrected chi connectivity index (χ2v) is 5.47. The molecule has 2 rings (SSSR count). The largest absolute Gasteiger partial charge is 0.355 e. The lowest BCUT2D eigenvalue weighted by Gasteiger charge is -2.34. The second-order valence-electron chi connectivity index (χ2n) is 5.47. The second kappa shape index (κ2) is 5.81. The van der Waals surface area contributed by atoms with E-state index in [1.807, 2.05) is 12.1 Å². The molecule has 1 aliphatic heterocycles. The van der Waals surface area contributed by atoms with E-state index in [0.717, 1.165) is 30.7 Å². The third-order valence-corrected chi connectivity index (χ3v) is 3.41. The molecule has 1 aliphatic rings. The van der Waals surface area contributed by atoms with Crippen LogP contribution in [-0.4, -0.2) is 23.3 Å². The van der Waals surface area contributed by atoms with Crippen LogP contribution in [-0.2, 0) is 0 Å². The predicted octanol–water partition coefficient (Wildman–Crippen LogP) is 2.61. The minimum Gasteiger partial charge on any atom is -0.355 e. The summed E-state index contributed by atoms with van der Waals surface area (Å²) < 4.78 is 0. The molecule has 0 radical (unpaired) electrons. The monoisotopic (exact) mass is 244 g/mol. The number of hydrogen-bond acceptors (Lipinski definition) is 4.